The Morgan fingerprint density at radius 2 is 2.05 bits per heavy atom. The van der Waals surface area contributed by atoms with Crippen LogP contribution in [-0.4, -0.2) is 28.3 Å². The summed E-state index contributed by atoms with van der Waals surface area (Å²) in [5.41, 5.74) is 1.38. The Balaban J connectivity index is 3.04. The van der Waals surface area contributed by atoms with Crippen molar-refractivity contribution in [1.82, 2.24) is 0 Å². The van der Waals surface area contributed by atoms with E-state index < -0.39 is 18.0 Å². The van der Waals surface area contributed by atoms with E-state index in [4.69, 9.17) is 9.84 Å². The van der Waals surface area contributed by atoms with Crippen molar-refractivity contribution in [2.24, 2.45) is 0 Å². The molecule has 0 aromatic heterocycles. The molecule has 0 aliphatic rings. The first-order chi connectivity index (χ1) is 8.85. The number of aliphatic carboxylic acids is 1. The van der Waals surface area contributed by atoms with E-state index in [1.165, 1.54) is 0 Å². The van der Waals surface area contributed by atoms with Crippen molar-refractivity contribution >= 4 is 27.9 Å². The number of carbonyl (C=O) groups excluding carboxylic acids is 1. The first kappa shape index (κ1) is 15.5. The predicted molar refractivity (Wildman–Crippen MR) is 72.1 cm³/mol. The Hall–Kier alpha value is -1.56. The number of phenols is 1. The predicted octanol–water partition coefficient (Wildman–Crippen LogP) is 2.28. The molecule has 0 amide bonds. The van der Waals surface area contributed by atoms with Gasteiger partial charge < -0.3 is 14.9 Å². The van der Waals surface area contributed by atoms with Gasteiger partial charge in [-0.05, 0) is 39.5 Å². The van der Waals surface area contributed by atoms with Crippen molar-refractivity contribution < 1.29 is 24.5 Å². The molecule has 0 saturated heterocycles. The quantitative estimate of drug-likeness (QED) is 0.809. The number of hydrogen-bond donors (Lipinski definition) is 2. The second-order valence-corrected chi connectivity index (χ2v) is 4.93. The van der Waals surface area contributed by atoms with Crippen LogP contribution in [0.3, 0.4) is 0 Å². The minimum atomic E-state index is -1.30. The molecule has 1 aromatic rings. The fourth-order valence-electron chi connectivity index (χ4n) is 1.66. The summed E-state index contributed by atoms with van der Waals surface area (Å²) in [4.78, 5) is 21.9. The fraction of sp³-hybridized carbons (Fsp3) is 0.385. The molecule has 0 bridgehead atoms. The van der Waals surface area contributed by atoms with Gasteiger partial charge >= 0.3 is 11.9 Å². The summed E-state index contributed by atoms with van der Waals surface area (Å²) in [5.74, 6) is -1.94. The van der Waals surface area contributed by atoms with Crippen LogP contribution in [0, 0.1) is 0 Å². The first-order valence-corrected chi connectivity index (χ1v) is 6.54. The van der Waals surface area contributed by atoms with Gasteiger partial charge in [-0.25, -0.2) is 4.79 Å². The fourth-order valence-corrected chi connectivity index (χ4v) is 2.21. The van der Waals surface area contributed by atoms with Crippen LogP contribution in [0.5, 0.6) is 5.75 Å². The lowest BCUT2D eigenvalue weighted by atomic mass is 10.0. The minimum absolute atomic E-state index is 0.0318. The normalized spacial score (nSPS) is 11.9. The van der Waals surface area contributed by atoms with Crippen molar-refractivity contribution in [2.75, 3.05) is 0 Å². The van der Waals surface area contributed by atoms with E-state index >= 15 is 0 Å². The maximum absolute atomic E-state index is 11.0. The largest absolute Gasteiger partial charge is 0.506 e. The zero-order valence-electron chi connectivity index (χ0n) is 10.6. The summed E-state index contributed by atoms with van der Waals surface area (Å²) in [6.07, 6.45) is -0.632. The number of aromatic hydroxyl groups is 1. The lowest BCUT2D eigenvalue weighted by molar-refractivity contribution is -0.162. The van der Waals surface area contributed by atoms with Gasteiger partial charge in [-0.15, -0.1) is 0 Å². The number of carboxylic acids is 1. The van der Waals surface area contributed by atoms with E-state index in [0.29, 0.717) is 10.0 Å². The van der Waals surface area contributed by atoms with Crippen molar-refractivity contribution in [3.05, 3.63) is 27.7 Å². The van der Waals surface area contributed by atoms with E-state index in [1.54, 1.807) is 12.1 Å². The SMILES string of the molecule is CCc1cc(Br)c(O)c(CC(OC(C)=O)C(=O)O)c1. The number of benzene rings is 1. The number of halogens is 1. The lowest BCUT2D eigenvalue weighted by Crippen LogP contribution is -2.28. The zero-order valence-corrected chi connectivity index (χ0v) is 12.2. The van der Waals surface area contributed by atoms with Crippen molar-refractivity contribution in [1.29, 1.82) is 0 Å². The van der Waals surface area contributed by atoms with Gasteiger partial charge in [-0.1, -0.05) is 13.0 Å². The van der Waals surface area contributed by atoms with Gasteiger partial charge in [0.15, 0.2) is 0 Å². The summed E-state index contributed by atoms with van der Waals surface area (Å²) in [6, 6.07) is 3.47. The van der Waals surface area contributed by atoms with Crippen molar-refractivity contribution in [2.45, 2.75) is 32.8 Å². The highest BCUT2D eigenvalue weighted by Crippen LogP contribution is 2.31. The Bertz CT molecular complexity index is 498. The number of aryl methyl sites for hydroxylation is 1. The van der Waals surface area contributed by atoms with Gasteiger partial charge in [0.25, 0.3) is 0 Å². The van der Waals surface area contributed by atoms with E-state index in [9.17, 15) is 14.7 Å². The highest BCUT2D eigenvalue weighted by molar-refractivity contribution is 9.10. The third-order valence-electron chi connectivity index (χ3n) is 2.60. The number of rotatable bonds is 5. The van der Waals surface area contributed by atoms with Gasteiger partial charge in [0.2, 0.25) is 6.10 Å². The highest BCUT2D eigenvalue weighted by Gasteiger charge is 2.23. The number of hydrogen-bond acceptors (Lipinski definition) is 4. The second kappa shape index (κ2) is 6.56. The van der Waals surface area contributed by atoms with Gasteiger partial charge in [0.05, 0.1) is 4.47 Å². The van der Waals surface area contributed by atoms with Gasteiger partial charge in [-0.2, -0.15) is 0 Å². The number of esters is 1. The van der Waals surface area contributed by atoms with Crippen LogP contribution in [0.2, 0.25) is 0 Å². The summed E-state index contributed by atoms with van der Waals surface area (Å²) < 4.78 is 5.21. The number of carbonyl (C=O) groups is 2. The molecule has 104 valence electrons. The summed E-state index contributed by atoms with van der Waals surface area (Å²) in [7, 11) is 0. The van der Waals surface area contributed by atoms with E-state index in [-0.39, 0.29) is 12.2 Å². The minimum Gasteiger partial charge on any atom is -0.506 e. The number of carboxylic acid groups (broad SMARTS) is 1. The van der Waals surface area contributed by atoms with E-state index in [2.05, 4.69) is 15.9 Å². The van der Waals surface area contributed by atoms with Crippen molar-refractivity contribution in [3.63, 3.8) is 0 Å². The molecule has 0 radical (unpaired) electrons. The van der Waals surface area contributed by atoms with Gasteiger partial charge in [-0.3, -0.25) is 4.79 Å². The maximum Gasteiger partial charge on any atom is 0.345 e. The third kappa shape index (κ3) is 4.24. The summed E-state index contributed by atoms with van der Waals surface area (Å²) in [6.45, 7) is 3.09. The molecular weight excluding hydrogens is 316 g/mol. The molecule has 0 heterocycles. The molecule has 6 heteroatoms. The van der Waals surface area contributed by atoms with Crippen LogP contribution < -0.4 is 0 Å². The molecule has 0 fully saturated rings. The molecule has 1 rings (SSSR count). The average Bonchev–Trinajstić information content (AvgIpc) is 2.32. The number of phenolic OH excluding ortho intramolecular Hbond substituents is 1. The van der Waals surface area contributed by atoms with Gasteiger partial charge in [0.1, 0.15) is 5.75 Å². The maximum atomic E-state index is 11.0. The van der Waals surface area contributed by atoms with Crippen LogP contribution in [-0.2, 0) is 27.2 Å². The molecule has 0 saturated carbocycles. The average molecular weight is 331 g/mol. The lowest BCUT2D eigenvalue weighted by Gasteiger charge is -2.15. The Morgan fingerprint density at radius 1 is 1.42 bits per heavy atom. The topological polar surface area (TPSA) is 83.8 Å². The molecule has 1 unspecified atom stereocenters. The molecule has 5 nitrogen and oxygen atoms in total. The summed E-state index contributed by atoms with van der Waals surface area (Å²) >= 11 is 3.21. The Morgan fingerprint density at radius 3 is 2.53 bits per heavy atom. The van der Waals surface area contributed by atoms with Crippen LogP contribution in [0.1, 0.15) is 25.0 Å². The second-order valence-electron chi connectivity index (χ2n) is 4.08. The molecule has 0 spiro atoms. The molecule has 2 N–H and O–H groups in total. The monoisotopic (exact) mass is 330 g/mol. The smallest absolute Gasteiger partial charge is 0.345 e. The number of ether oxygens (including phenoxy) is 1. The highest BCUT2D eigenvalue weighted by atomic mass is 79.9. The van der Waals surface area contributed by atoms with Crippen molar-refractivity contribution in [3.8, 4) is 5.75 Å². The van der Waals surface area contributed by atoms with Gasteiger partial charge in [0, 0.05) is 13.3 Å². The van der Waals surface area contributed by atoms with Crippen LogP contribution in [0.15, 0.2) is 16.6 Å². The molecular formula is C13H15BrO5. The van der Waals surface area contributed by atoms with E-state index in [1.807, 2.05) is 6.92 Å². The Kier molecular flexibility index (Phi) is 5.35. The van der Waals surface area contributed by atoms with Crippen LogP contribution in [0.25, 0.3) is 0 Å². The van der Waals surface area contributed by atoms with Crippen LogP contribution >= 0.6 is 15.9 Å². The van der Waals surface area contributed by atoms with E-state index in [0.717, 1.165) is 18.9 Å². The molecule has 19 heavy (non-hydrogen) atoms. The molecule has 1 atom stereocenters. The third-order valence-corrected chi connectivity index (χ3v) is 3.20. The summed E-state index contributed by atoms with van der Waals surface area (Å²) in [5, 5.41) is 18.9. The zero-order chi connectivity index (χ0) is 14.6. The molecule has 0 aliphatic carbocycles. The first-order valence-electron chi connectivity index (χ1n) is 5.75. The standard InChI is InChI=1S/C13H15BrO5/c1-3-8-4-9(12(16)10(14)5-8)6-11(13(17)18)19-7(2)15/h4-5,11,16H,3,6H2,1-2H3,(H,17,18). The molecule has 0 aliphatic heterocycles. The Labute approximate surface area is 119 Å². The van der Waals surface area contributed by atoms with Crippen LogP contribution in [0.4, 0.5) is 0 Å². The molecule has 1 aromatic carbocycles.